The van der Waals surface area contributed by atoms with E-state index in [1.165, 1.54) is 0 Å². The second-order valence-corrected chi connectivity index (χ2v) is 7.64. The van der Waals surface area contributed by atoms with Crippen molar-refractivity contribution in [2.45, 2.75) is 25.0 Å². The van der Waals surface area contributed by atoms with Crippen LogP contribution < -0.4 is 4.89 Å². The van der Waals surface area contributed by atoms with Crippen molar-refractivity contribution >= 4 is 19.9 Å². The van der Waals surface area contributed by atoms with E-state index in [-0.39, 0.29) is 31.0 Å². The molecular weight excluding hydrogens is 242 g/mol. The van der Waals surface area contributed by atoms with E-state index in [2.05, 4.69) is 4.84 Å². The van der Waals surface area contributed by atoms with Gasteiger partial charge in [0.05, 0.1) is 23.4 Å². The molecule has 0 spiro atoms. The van der Waals surface area contributed by atoms with Crippen molar-refractivity contribution in [3.8, 4) is 0 Å². The Morgan fingerprint density at radius 1 is 1.33 bits per heavy atom. The predicted octanol–water partition coefficient (Wildman–Crippen LogP) is -0.565. The molecule has 0 aliphatic carbocycles. The minimum absolute atomic E-state index is 0.0648. The number of hydrogen-bond acceptors (Lipinski definition) is 5. The molecule has 0 aromatic heterocycles. The summed E-state index contributed by atoms with van der Waals surface area (Å²) in [7, 11) is -6.56. The lowest BCUT2D eigenvalue weighted by Gasteiger charge is -2.21. The number of sulfone groups is 1. The number of rotatable bonds is 4. The summed E-state index contributed by atoms with van der Waals surface area (Å²) in [6.45, 7) is 1.90. The molecule has 15 heavy (non-hydrogen) atoms. The summed E-state index contributed by atoms with van der Waals surface area (Å²) in [5.41, 5.74) is 0. The summed E-state index contributed by atoms with van der Waals surface area (Å²) in [6.07, 6.45) is 0.287. The molecule has 1 fully saturated rings. The zero-order chi connectivity index (χ0) is 11.5. The molecule has 0 saturated carbocycles. The molecule has 0 unspecified atom stereocenters. The highest BCUT2D eigenvalue weighted by molar-refractivity contribution is 7.92. The molecule has 1 N–H and O–H groups in total. The van der Waals surface area contributed by atoms with Crippen LogP contribution >= 0.6 is 0 Å². The Hall–Kier alpha value is -0.180. The standard InChI is InChI=1S/C7H15NO5S2/c1-2-13-8-15(11,12)7-3-5-14(9,10)6-4-7/h7-8H,2-6H2,1H3. The highest BCUT2D eigenvalue weighted by Crippen LogP contribution is 2.18. The van der Waals surface area contributed by atoms with Crippen LogP contribution in [0.1, 0.15) is 19.8 Å². The van der Waals surface area contributed by atoms with Crippen LogP contribution in [0.15, 0.2) is 0 Å². The van der Waals surface area contributed by atoms with Gasteiger partial charge < -0.3 is 0 Å². The molecular formula is C7H15NO5S2. The first kappa shape index (κ1) is 12.9. The average molecular weight is 257 g/mol. The first-order chi connectivity index (χ1) is 6.87. The molecule has 1 aliphatic rings. The lowest BCUT2D eigenvalue weighted by atomic mass is 10.2. The third-order valence-corrected chi connectivity index (χ3v) is 5.67. The van der Waals surface area contributed by atoms with Gasteiger partial charge >= 0.3 is 0 Å². The van der Waals surface area contributed by atoms with Crippen LogP contribution in [0.25, 0.3) is 0 Å². The number of hydrogen-bond donors (Lipinski definition) is 1. The summed E-state index contributed by atoms with van der Waals surface area (Å²) < 4.78 is 45.2. The molecule has 1 aliphatic heterocycles. The van der Waals surface area contributed by atoms with Gasteiger partial charge in [0.25, 0.3) is 0 Å². The highest BCUT2D eigenvalue weighted by atomic mass is 32.2. The predicted molar refractivity (Wildman–Crippen MR) is 55.4 cm³/mol. The molecule has 0 aromatic rings. The molecule has 0 bridgehead atoms. The van der Waals surface area contributed by atoms with Crippen molar-refractivity contribution in [3.05, 3.63) is 0 Å². The first-order valence-corrected chi connectivity index (χ1v) is 8.07. The van der Waals surface area contributed by atoms with Crippen molar-refractivity contribution in [1.29, 1.82) is 0 Å². The van der Waals surface area contributed by atoms with Crippen molar-refractivity contribution in [3.63, 3.8) is 0 Å². The van der Waals surface area contributed by atoms with Crippen molar-refractivity contribution in [1.82, 2.24) is 4.89 Å². The van der Waals surface area contributed by atoms with Gasteiger partial charge in [-0.1, -0.05) is 4.89 Å². The monoisotopic (exact) mass is 257 g/mol. The SMILES string of the molecule is CCONS(=O)(=O)C1CCS(=O)(=O)CC1. The van der Waals surface area contributed by atoms with Crippen molar-refractivity contribution in [2.24, 2.45) is 0 Å². The van der Waals surface area contributed by atoms with Gasteiger partial charge in [0.15, 0.2) is 0 Å². The fraction of sp³-hybridized carbons (Fsp3) is 1.00. The second-order valence-electron chi connectivity index (χ2n) is 3.41. The van der Waals surface area contributed by atoms with E-state index in [4.69, 9.17) is 0 Å². The van der Waals surface area contributed by atoms with E-state index < -0.39 is 25.1 Å². The average Bonchev–Trinajstić information content (AvgIpc) is 2.14. The van der Waals surface area contributed by atoms with Crippen LogP contribution in [0, 0.1) is 0 Å². The Labute approximate surface area is 89.9 Å². The van der Waals surface area contributed by atoms with Gasteiger partial charge in [-0.05, 0) is 19.8 Å². The normalized spacial score (nSPS) is 22.7. The smallest absolute Gasteiger partial charge is 0.236 e. The summed E-state index contributed by atoms with van der Waals surface area (Å²) in [6, 6.07) is 0. The maximum absolute atomic E-state index is 11.5. The molecule has 1 saturated heterocycles. The van der Waals surface area contributed by atoms with Crippen LogP contribution in [0.5, 0.6) is 0 Å². The van der Waals surface area contributed by atoms with Crippen molar-refractivity contribution < 1.29 is 21.7 Å². The minimum atomic E-state index is -3.53. The Morgan fingerprint density at radius 3 is 2.33 bits per heavy atom. The van der Waals surface area contributed by atoms with E-state index in [9.17, 15) is 16.8 Å². The molecule has 0 aromatic carbocycles. The molecule has 6 nitrogen and oxygen atoms in total. The first-order valence-electron chi connectivity index (χ1n) is 4.70. The van der Waals surface area contributed by atoms with Gasteiger partial charge in [0.2, 0.25) is 10.0 Å². The minimum Gasteiger partial charge on any atom is -0.287 e. The third-order valence-electron chi connectivity index (χ3n) is 2.26. The molecule has 1 rings (SSSR count). The molecule has 0 atom stereocenters. The summed E-state index contributed by atoms with van der Waals surface area (Å²) in [4.78, 5) is 6.60. The number of sulfonamides is 1. The van der Waals surface area contributed by atoms with Crippen LogP contribution in [0.4, 0.5) is 0 Å². The van der Waals surface area contributed by atoms with Gasteiger partial charge in [0, 0.05) is 0 Å². The number of nitrogens with one attached hydrogen (secondary N) is 1. The van der Waals surface area contributed by atoms with Crippen LogP contribution in [0.3, 0.4) is 0 Å². The maximum Gasteiger partial charge on any atom is 0.236 e. The Morgan fingerprint density at radius 2 is 1.87 bits per heavy atom. The lowest BCUT2D eigenvalue weighted by Crippen LogP contribution is -2.39. The fourth-order valence-corrected chi connectivity index (χ4v) is 4.45. The maximum atomic E-state index is 11.5. The zero-order valence-corrected chi connectivity index (χ0v) is 10.1. The summed E-state index contributed by atoms with van der Waals surface area (Å²) >= 11 is 0. The van der Waals surface area contributed by atoms with E-state index in [1.54, 1.807) is 6.92 Å². The van der Waals surface area contributed by atoms with Gasteiger partial charge in [0.1, 0.15) is 9.84 Å². The Bertz CT molecular complexity index is 385. The highest BCUT2D eigenvalue weighted by Gasteiger charge is 2.32. The fourth-order valence-electron chi connectivity index (χ4n) is 1.39. The van der Waals surface area contributed by atoms with E-state index in [0.29, 0.717) is 0 Å². The van der Waals surface area contributed by atoms with Crippen LogP contribution in [-0.4, -0.2) is 40.2 Å². The summed E-state index contributed by atoms with van der Waals surface area (Å²) in [5, 5.41) is -0.660. The van der Waals surface area contributed by atoms with E-state index in [0.717, 1.165) is 0 Å². The molecule has 0 radical (unpaired) electrons. The molecule has 8 heteroatoms. The van der Waals surface area contributed by atoms with Crippen LogP contribution in [0.2, 0.25) is 0 Å². The van der Waals surface area contributed by atoms with E-state index in [1.807, 2.05) is 4.89 Å². The Kier molecular flexibility index (Phi) is 4.10. The van der Waals surface area contributed by atoms with Gasteiger partial charge in [-0.15, -0.1) is 0 Å². The zero-order valence-electron chi connectivity index (χ0n) is 8.47. The largest absolute Gasteiger partial charge is 0.287 e. The second kappa shape index (κ2) is 4.77. The third kappa shape index (κ3) is 3.71. The quantitative estimate of drug-likeness (QED) is 0.681. The Balaban J connectivity index is 2.60. The van der Waals surface area contributed by atoms with E-state index >= 15 is 0 Å². The molecule has 90 valence electrons. The van der Waals surface area contributed by atoms with Gasteiger partial charge in [-0.2, -0.15) is 0 Å². The molecule has 0 amide bonds. The van der Waals surface area contributed by atoms with Crippen molar-refractivity contribution in [2.75, 3.05) is 18.1 Å². The molecule has 1 heterocycles. The lowest BCUT2D eigenvalue weighted by molar-refractivity contribution is 0.104. The van der Waals surface area contributed by atoms with Crippen LogP contribution in [-0.2, 0) is 24.7 Å². The summed E-state index contributed by atoms with van der Waals surface area (Å²) in [5.74, 6) is -0.130. The van der Waals surface area contributed by atoms with Gasteiger partial charge in [-0.3, -0.25) is 4.84 Å². The van der Waals surface area contributed by atoms with Gasteiger partial charge in [-0.25, -0.2) is 16.8 Å². The topological polar surface area (TPSA) is 89.5 Å².